The number of hydrogen-bond acceptors (Lipinski definition) is 5. The SMILES string of the molecule is O=C(CCCC(=O)OCCCc1ccccc1)NNC(=O)COc1ccc(Cl)cc1Cl. The van der Waals surface area contributed by atoms with E-state index < -0.39 is 11.8 Å². The lowest BCUT2D eigenvalue weighted by Gasteiger charge is -2.10. The highest BCUT2D eigenvalue weighted by atomic mass is 35.5. The van der Waals surface area contributed by atoms with Crippen LogP contribution < -0.4 is 15.6 Å². The van der Waals surface area contributed by atoms with Gasteiger partial charge in [0.2, 0.25) is 5.91 Å². The first-order valence-electron chi connectivity index (χ1n) is 9.79. The van der Waals surface area contributed by atoms with Crippen LogP contribution in [0.25, 0.3) is 0 Å². The molecule has 0 aliphatic rings. The van der Waals surface area contributed by atoms with Crippen LogP contribution in [0.2, 0.25) is 10.0 Å². The van der Waals surface area contributed by atoms with Gasteiger partial charge in [0.1, 0.15) is 5.75 Å². The van der Waals surface area contributed by atoms with Gasteiger partial charge in [-0.1, -0.05) is 53.5 Å². The van der Waals surface area contributed by atoms with Gasteiger partial charge in [0.25, 0.3) is 5.91 Å². The van der Waals surface area contributed by atoms with Gasteiger partial charge in [-0.2, -0.15) is 0 Å². The smallest absolute Gasteiger partial charge is 0.305 e. The maximum absolute atomic E-state index is 11.8. The second-order valence-corrected chi connectivity index (χ2v) is 7.47. The van der Waals surface area contributed by atoms with E-state index in [0.29, 0.717) is 23.8 Å². The van der Waals surface area contributed by atoms with E-state index >= 15 is 0 Å². The summed E-state index contributed by atoms with van der Waals surface area (Å²) < 4.78 is 10.4. The Morgan fingerprint density at radius 3 is 2.35 bits per heavy atom. The number of carbonyl (C=O) groups is 3. The summed E-state index contributed by atoms with van der Waals surface area (Å²) in [6.07, 6.45) is 2.10. The van der Waals surface area contributed by atoms with Crippen LogP contribution in [0, 0.1) is 0 Å². The Morgan fingerprint density at radius 1 is 0.871 bits per heavy atom. The topological polar surface area (TPSA) is 93.7 Å². The number of benzene rings is 2. The average molecular weight is 467 g/mol. The molecule has 0 unspecified atom stereocenters. The molecular weight excluding hydrogens is 443 g/mol. The lowest BCUT2D eigenvalue weighted by Crippen LogP contribution is -2.43. The normalized spacial score (nSPS) is 10.3. The van der Waals surface area contributed by atoms with Gasteiger partial charge in [-0.3, -0.25) is 25.2 Å². The van der Waals surface area contributed by atoms with Gasteiger partial charge in [0.15, 0.2) is 6.61 Å². The number of aryl methyl sites for hydroxylation is 1. The van der Waals surface area contributed by atoms with Gasteiger partial charge in [-0.05, 0) is 43.0 Å². The third-order valence-corrected chi connectivity index (χ3v) is 4.62. The van der Waals surface area contributed by atoms with E-state index in [1.165, 1.54) is 17.7 Å². The first-order chi connectivity index (χ1) is 14.9. The standard InChI is InChI=1S/C22H24Cl2N2O5/c23-17-11-12-19(18(24)14-17)31-15-21(28)26-25-20(27)9-4-10-22(29)30-13-5-8-16-6-2-1-3-7-16/h1-3,6-7,11-12,14H,4-5,8-10,13,15H2,(H,25,27)(H,26,28). The van der Waals surface area contributed by atoms with Crippen molar-refractivity contribution in [3.05, 3.63) is 64.1 Å². The van der Waals surface area contributed by atoms with E-state index in [4.69, 9.17) is 32.7 Å². The van der Waals surface area contributed by atoms with Crippen LogP contribution in [0.3, 0.4) is 0 Å². The first kappa shape index (κ1) is 24.5. The predicted octanol–water partition coefficient (Wildman–Crippen LogP) is 3.87. The van der Waals surface area contributed by atoms with Gasteiger partial charge in [0, 0.05) is 17.9 Å². The Labute approximate surface area is 191 Å². The zero-order valence-corrected chi connectivity index (χ0v) is 18.4. The molecule has 2 N–H and O–H groups in total. The molecule has 0 saturated carbocycles. The molecule has 0 spiro atoms. The number of hydrogen-bond donors (Lipinski definition) is 2. The Bertz CT molecular complexity index is 877. The van der Waals surface area contributed by atoms with Gasteiger partial charge >= 0.3 is 5.97 Å². The number of carbonyl (C=O) groups excluding carboxylic acids is 3. The second-order valence-electron chi connectivity index (χ2n) is 6.62. The summed E-state index contributed by atoms with van der Waals surface area (Å²) >= 11 is 11.7. The molecule has 0 saturated heterocycles. The molecule has 2 amide bonds. The molecule has 0 aromatic heterocycles. The predicted molar refractivity (Wildman–Crippen MR) is 118 cm³/mol. The summed E-state index contributed by atoms with van der Waals surface area (Å²) in [6.45, 7) is 0.00452. The summed E-state index contributed by atoms with van der Waals surface area (Å²) in [5, 5.41) is 0.724. The van der Waals surface area contributed by atoms with Crippen LogP contribution in [0.4, 0.5) is 0 Å². The van der Waals surface area contributed by atoms with E-state index in [0.717, 1.165) is 12.8 Å². The number of nitrogens with one attached hydrogen (secondary N) is 2. The van der Waals surface area contributed by atoms with Crippen molar-refractivity contribution in [3.8, 4) is 5.75 Å². The Hall–Kier alpha value is -2.77. The fraction of sp³-hybridized carbons (Fsp3) is 0.318. The molecule has 0 aliphatic carbocycles. The third-order valence-electron chi connectivity index (χ3n) is 4.09. The van der Waals surface area contributed by atoms with Crippen LogP contribution in [-0.2, 0) is 25.5 Å². The molecule has 2 rings (SSSR count). The summed E-state index contributed by atoms with van der Waals surface area (Å²) in [5.74, 6) is -1.03. The second kappa shape index (κ2) is 13.5. The lowest BCUT2D eigenvalue weighted by atomic mass is 10.1. The molecule has 0 radical (unpaired) electrons. The van der Waals surface area contributed by atoms with Crippen molar-refractivity contribution in [1.82, 2.24) is 10.9 Å². The minimum Gasteiger partial charge on any atom is -0.482 e. The van der Waals surface area contributed by atoms with Crippen molar-refractivity contribution < 1.29 is 23.9 Å². The Morgan fingerprint density at radius 2 is 1.61 bits per heavy atom. The number of halogens is 2. The monoisotopic (exact) mass is 466 g/mol. The van der Waals surface area contributed by atoms with E-state index in [-0.39, 0.29) is 30.4 Å². The number of ether oxygens (including phenoxy) is 2. The van der Waals surface area contributed by atoms with Gasteiger partial charge < -0.3 is 9.47 Å². The number of hydrazine groups is 1. The molecule has 0 heterocycles. The molecule has 0 bridgehead atoms. The van der Waals surface area contributed by atoms with E-state index in [1.54, 1.807) is 6.07 Å². The lowest BCUT2D eigenvalue weighted by molar-refractivity contribution is -0.144. The summed E-state index contributed by atoms with van der Waals surface area (Å²) in [4.78, 5) is 35.2. The maximum Gasteiger partial charge on any atom is 0.305 e. The Kier molecular flexibility index (Phi) is 10.7. The molecule has 0 fully saturated rings. The molecule has 7 nitrogen and oxygen atoms in total. The minimum atomic E-state index is -0.558. The highest BCUT2D eigenvalue weighted by molar-refractivity contribution is 6.35. The van der Waals surface area contributed by atoms with Crippen molar-refractivity contribution in [2.75, 3.05) is 13.2 Å². The molecule has 166 valence electrons. The van der Waals surface area contributed by atoms with Crippen LogP contribution in [0.5, 0.6) is 5.75 Å². The highest BCUT2D eigenvalue weighted by Gasteiger charge is 2.09. The maximum atomic E-state index is 11.8. The average Bonchev–Trinajstić information content (AvgIpc) is 2.75. The zero-order valence-electron chi connectivity index (χ0n) is 16.9. The molecule has 9 heteroatoms. The van der Waals surface area contributed by atoms with Crippen LogP contribution in [-0.4, -0.2) is 31.0 Å². The van der Waals surface area contributed by atoms with Crippen molar-refractivity contribution in [2.24, 2.45) is 0 Å². The first-order valence-corrected chi connectivity index (χ1v) is 10.5. The van der Waals surface area contributed by atoms with E-state index in [1.807, 2.05) is 30.3 Å². The fourth-order valence-corrected chi connectivity index (χ4v) is 3.01. The Balaban J connectivity index is 1.51. The van der Waals surface area contributed by atoms with Crippen LogP contribution >= 0.6 is 23.2 Å². The number of amides is 2. The van der Waals surface area contributed by atoms with Crippen molar-refractivity contribution in [3.63, 3.8) is 0 Å². The van der Waals surface area contributed by atoms with Gasteiger partial charge in [0.05, 0.1) is 11.6 Å². The third kappa shape index (κ3) is 10.2. The largest absolute Gasteiger partial charge is 0.482 e. The highest BCUT2D eigenvalue weighted by Crippen LogP contribution is 2.27. The van der Waals surface area contributed by atoms with Crippen LogP contribution in [0.1, 0.15) is 31.2 Å². The zero-order chi connectivity index (χ0) is 22.5. The molecular formula is C22H24Cl2N2O5. The van der Waals surface area contributed by atoms with Crippen LogP contribution in [0.15, 0.2) is 48.5 Å². The molecule has 0 atom stereocenters. The van der Waals surface area contributed by atoms with E-state index in [2.05, 4.69) is 10.9 Å². The quantitative estimate of drug-likeness (QED) is 0.297. The van der Waals surface area contributed by atoms with E-state index in [9.17, 15) is 14.4 Å². The summed E-state index contributed by atoms with van der Waals surface area (Å²) in [6, 6.07) is 14.6. The number of rotatable bonds is 11. The van der Waals surface area contributed by atoms with Gasteiger partial charge in [-0.25, -0.2) is 0 Å². The molecule has 31 heavy (non-hydrogen) atoms. The fourth-order valence-electron chi connectivity index (χ4n) is 2.55. The van der Waals surface area contributed by atoms with Crippen molar-refractivity contribution in [2.45, 2.75) is 32.1 Å². The molecule has 0 aliphatic heterocycles. The molecule has 2 aromatic rings. The molecule has 2 aromatic carbocycles. The minimum absolute atomic E-state index is 0.0727. The van der Waals surface area contributed by atoms with Crippen molar-refractivity contribution >= 4 is 41.0 Å². The van der Waals surface area contributed by atoms with Crippen molar-refractivity contribution in [1.29, 1.82) is 0 Å². The number of esters is 1. The summed E-state index contributed by atoms with van der Waals surface area (Å²) in [5.41, 5.74) is 5.69. The van der Waals surface area contributed by atoms with Gasteiger partial charge in [-0.15, -0.1) is 0 Å². The summed E-state index contributed by atoms with van der Waals surface area (Å²) in [7, 11) is 0.